The molecule has 4 aromatic carbocycles. The topological polar surface area (TPSA) is 68.2 Å². The predicted molar refractivity (Wildman–Crippen MR) is 142 cm³/mol. The van der Waals surface area contributed by atoms with Crippen LogP contribution in [-0.4, -0.2) is 42.7 Å². The summed E-state index contributed by atoms with van der Waals surface area (Å²) in [5.74, 6) is -3.70. The zero-order chi connectivity index (χ0) is 27.6. The van der Waals surface area contributed by atoms with Crippen LogP contribution in [0.1, 0.15) is 28.2 Å². The zero-order valence-corrected chi connectivity index (χ0v) is 21.6. The third-order valence-electron chi connectivity index (χ3n) is 7.50. The summed E-state index contributed by atoms with van der Waals surface area (Å²) < 4.78 is 46.3. The van der Waals surface area contributed by atoms with Gasteiger partial charge in [-0.15, -0.1) is 0 Å². The van der Waals surface area contributed by atoms with E-state index in [-0.39, 0.29) is 0 Å². The fraction of sp³-hybridized carbons (Fsp3) is 0.250. The van der Waals surface area contributed by atoms with Crippen molar-refractivity contribution in [2.75, 3.05) is 14.2 Å². The van der Waals surface area contributed by atoms with Crippen LogP contribution in [0.5, 0.6) is 0 Å². The third-order valence-corrected chi connectivity index (χ3v) is 7.50. The maximum atomic E-state index is 14.0. The second-order valence-electron chi connectivity index (χ2n) is 9.69. The van der Waals surface area contributed by atoms with Gasteiger partial charge in [-0.3, -0.25) is 0 Å². The summed E-state index contributed by atoms with van der Waals surface area (Å²) in [5, 5.41) is 25.0. The molecule has 1 aliphatic rings. The molecule has 0 spiro atoms. The lowest BCUT2D eigenvalue weighted by atomic mass is 9.69. The van der Waals surface area contributed by atoms with Crippen molar-refractivity contribution >= 4 is 0 Å². The number of methoxy groups -OCH3 is 2. The first-order valence-electron chi connectivity index (χ1n) is 12.6. The molecule has 1 aliphatic heterocycles. The summed E-state index contributed by atoms with van der Waals surface area (Å²) >= 11 is 0. The highest BCUT2D eigenvalue weighted by Crippen LogP contribution is 2.52. The first kappa shape index (κ1) is 27.1. The van der Waals surface area contributed by atoms with Gasteiger partial charge in [0, 0.05) is 25.7 Å². The van der Waals surface area contributed by atoms with Crippen molar-refractivity contribution in [1.29, 1.82) is 0 Å². The Hall–Kier alpha value is -3.46. The summed E-state index contributed by atoms with van der Waals surface area (Å²) in [4.78, 5) is 0. The van der Waals surface area contributed by atoms with Gasteiger partial charge < -0.3 is 24.4 Å². The van der Waals surface area contributed by atoms with E-state index in [0.29, 0.717) is 22.3 Å². The van der Waals surface area contributed by atoms with Crippen LogP contribution < -0.4 is 0 Å². The quantitative estimate of drug-likeness (QED) is 0.340. The van der Waals surface area contributed by atoms with Gasteiger partial charge in [0.2, 0.25) is 5.79 Å². The summed E-state index contributed by atoms with van der Waals surface area (Å²) in [7, 11) is 2.83. The smallest absolute Gasteiger partial charge is 0.223 e. The van der Waals surface area contributed by atoms with E-state index in [0.717, 1.165) is 0 Å². The Morgan fingerprint density at radius 1 is 0.667 bits per heavy atom. The molecule has 202 valence electrons. The second kappa shape index (κ2) is 11.0. The monoisotopic (exact) mass is 532 g/mol. The molecule has 0 aliphatic carbocycles. The van der Waals surface area contributed by atoms with Crippen molar-refractivity contribution in [3.63, 3.8) is 0 Å². The highest BCUT2D eigenvalue weighted by atomic mass is 19.1. The zero-order valence-electron chi connectivity index (χ0n) is 21.6. The molecule has 7 heteroatoms. The number of benzene rings is 4. The van der Waals surface area contributed by atoms with E-state index in [1.807, 2.05) is 6.07 Å². The van der Waals surface area contributed by atoms with E-state index in [1.54, 1.807) is 78.9 Å². The summed E-state index contributed by atoms with van der Waals surface area (Å²) in [6.07, 6.45) is -3.46. The lowest BCUT2D eigenvalue weighted by Crippen LogP contribution is -2.70. The predicted octanol–water partition coefficient (Wildman–Crippen LogP) is 5.26. The molecule has 0 saturated carbocycles. The maximum Gasteiger partial charge on any atom is 0.223 e. The van der Waals surface area contributed by atoms with Gasteiger partial charge in [0.05, 0.1) is 0 Å². The molecule has 0 unspecified atom stereocenters. The highest BCUT2D eigenvalue weighted by molar-refractivity contribution is 5.39. The lowest BCUT2D eigenvalue weighted by molar-refractivity contribution is -0.393. The van der Waals surface area contributed by atoms with E-state index in [9.17, 15) is 19.0 Å². The SMILES string of the molecule is CO[C@@H]1[C@@H](C(c2ccc(F)cc2)c2ccc(F)cc2)O[C@@](O)(c2ccccc2)[C@@H](OC)[C@@]1(O)c1ccccc1. The molecule has 5 atom stereocenters. The van der Waals surface area contributed by atoms with Gasteiger partial charge in [-0.1, -0.05) is 84.9 Å². The molecule has 1 saturated heterocycles. The number of halogens is 2. The number of ether oxygens (including phenoxy) is 3. The first-order chi connectivity index (χ1) is 18.8. The van der Waals surface area contributed by atoms with Crippen LogP contribution in [0.4, 0.5) is 8.78 Å². The molecule has 39 heavy (non-hydrogen) atoms. The van der Waals surface area contributed by atoms with Gasteiger partial charge in [-0.2, -0.15) is 0 Å². The first-order valence-corrected chi connectivity index (χ1v) is 12.6. The molecular formula is C32H30F2O5. The Bertz CT molecular complexity index is 1320. The van der Waals surface area contributed by atoms with Gasteiger partial charge in [0.15, 0.2) is 6.10 Å². The third kappa shape index (κ3) is 4.77. The van der Waals surface area contributed by atoms with Crippen molar-refractivity contribution in [1.82, 2.24) is 0 Å². The molecule has 5 nitrogen and oxygen atoms in total. The number of hydrogen-bond donors (Lipinski definition) is 2. The number of rotatable bonds is 7. The van der Waals surface area contributed by atoms with Gasteiger partial charge in [0.1, 0.15) is 29.4 Å². The Kier molecular flexibility index (Phi) is 7.62. The largest absolute Gasteiger partial charge is 0.379 e. The van der Waals surface area contributed by atoms with Crippen LogP contribution in [0.3, 0.4) is 0 Å². The molecule has 0 aromatic heterocycles. The highest BCUT2D eigenvalue weighted by Gasteiger charge is 2.65. The van der Waals surface area contributed by atoms with Crippen LogP contribution in [0, 0.1) is 11.6 Å². The Labute approximate surface area is 226 Å². The Balaban J connectivity index is 1.78. The average molecular weight is 533 g/mol. The Morgan fingerprint density at radius 3 is 1.56 bits per heavy atom. The molecular weight excluding hydrogens is 502 g/mol. The van der Waals surface area contributed by atoms with Crippen molar-refractivity contribution in [3.05, 3.63) is 143 Å². The Morgan fingerprint density at radius 2 is 1.13 bits per heavy atom. The maximum absolute atomic E-state index is 14.0. The van der Waals surface area contributed by atoms with Crippen LogP contribution in [-0.2, 0) is 25.6 Å². The molecule has 0 bridgehead atoms. The molecule has 5 rings (SSSR count). The van der Waals surface area contributed by atoms with E-state index >= 15 is 0 Å². The van der Waals surface area contributed by atoms with Crippen molar-refractivity contribution in [3.8, 4) is 0 Å². The molecule has 1 heterocycles. The fourth-order valence-corrected chi connectivity index (χ4v) is 5.75. The van der Waals surface area contributed by atoms with Crippen LogP contribution >= 0.6 is 0 Å². The van der Waals surface area contributed by atoms with Crippen molar-refractivity contribution in [2.24, 2.45) is 0 Å². The lowest BCUT2D eigenvalue weighted by Gasteiger charge is -2.56. The normalized spacial score (nSPS) is 27.0. The number of hydrogen-bond acceptors (Lipinski definition) is 5. The minimum atomic E-state index is -2.14. The van der Waals surface area contributed by atoms with E-state index in [4.69, 9.17) is 14.2 Å². The molecule has 4 aromatic rings. The van der Waals surface area contributed by atoms with E-state index in [1.165, 1.54) is 38.5 Å². The van der Waals surface area contributed by atoms with Gasteiger partial charge in [0.25, 0.3) is 0 Å². The van der Waals surface area contributed by atoms with Gasteiger partial charge in [-0.05, 0) is 41.0 Å². The minimum Gasteiger partial charge on any atom is -0.379 e. The minimum absolute atomic E-state index is 0.364. The van der Waals surface area contributed by atoms with Crippen molar-refractivity contribution < 1.29 is 33.2 Å². The van der Waals surface area contributed by atoms with E-state index in [2.05, 4.69) is 0 Å². The summed E-state index contributed by atoms with van der Waals surface area (Å²) in [6.45, 7) is 0. The van der Waals surface area contributed by atoms with Crippen molar-refractivity contribution in [2.45, 2.75) is 35.6 Å². The molecule has 2 N–H and O–H groups in total. The summed E-state index contributed by atoms with van der Waals surface area (Å²) in [6, 6.07) is 29.2. The molecule has 0 amide bonds. The van der Waals surface area contributed by atoms with E-state index < -0.39 is 47.3 Å². The second-order valence-corrected chi connectivity index (χ2v) is 9.69. The fourth-order valence-electron chi connectivity index (χ4n) is 5.75. The molecule has 1 fully saturated rings. The standard InChI is InChI=1S/C32H30F2O5/c1-37-29-28(27(21-13-17-25(33)18-14-21)22-15-19-26(34)20-16-22)39-32(36,24-11-7-4-8-12-24)30(38-2)31(29,35)23-9-5-3-6-10-23/h3-20,27-30,35-36H,1-2H3/t28-,29-,30+,31-,32+/m1/s1. The van der Waals surface area contributed by atoms with Crippen LogP contribution in [0.25, 0.3) is 0 Å². The van der Waals surface area contributed by atoms with Crippen LogP contribution in [0.2, 0.25) is 0 Å². The number of aliphatic hydroxyl groups is 2. The van der Waals surface area contributed by atoms with Gasteiger partial charge >= 0.3 is 0 Å². The van der Waals surface area contributed by atoms with Crippen LogP contribution in [0.15, 0.2) is 109 Å². The van der Waals surface area contributed by atoms with Gasteiger partial charge in [-0.25, -0.2) is 8.78 Å². The average Bonchev–Trinajstić information content (AvgIpc) is 2.96. The molecule has 0 radical (unpaired) electrons. The summed E-state index contributed by atoms with van der Waals surface area (Å²) in [5.41, 5.74) is 0.135.